The minimum atomic E-state index is -0.566. The van der Waals surface area contributed by atoms with Gasteiger partial charge in [-0.2, -0.15) is 17.7 Å². The number of nitrogens with zero attached hydrogens (tertiary/aromatic N) is 3. The summed E-state index contributed by atoms with van der Waals surface area (Å²) in [4.78, 5) is 26.9. The SMILES string of the molecule is CCOC(=O)Cc1cnn(CC=C2CN(C(C(=O)C3CC3)c3ccccc3F)CCC2S)c1. The van der Waals surface area contributed by atoms with Crippen LogP contribution in [-0.4, -0.2) is 51.4 Å². The molecular weight excluding hydrogens is 441 g/mol. The highest BCUT2D eigenvalue weighted by Gasteiger charge is 2.40. The zero-order valence-corrected chi connectivity index (χ0v) is 19.7. The predicted molar refractivity (Wildman–Crippen MR) is 126 cm³/mol. The molecule has 1 aliphatic carbocycles. The Morgan fingerprint density at radius 2 is 2.09 bits per heavy atom. The van der Waals surface area contributed by atoms with Crippen LogP contribution in [0.5, 0.6) is 0 Å². The monoisotopic (exact) mass is 471 g/mol. The number of piperidine rings is 1. The zero-order chi connectivity index (χ0) is 23.4. The highest BCUT2D eigenvalue weighted by Crippen LogP contribution is 2.39. The number of Topliss-reactive ketones (excluding diaryl/α,β-unsaturated/α-hetero) is 1. The number of hydrogen-bond acceptors (Lipinski definition) is 6. The van der Waals surface area contributed by atoms with E-state index < -0.39 is 6.04 Å². The third kappa shape index (κ3) is 5.92. The van der Waals surface area contributed by atoms with Crippen LogP contribution >= 0.6 is 12.6 Å². The fraction of sp³-hybridized carbons (Fsp3) is 0.480. The Balaban J connectivity index is 1.48. The van der Waals surface area contributed by atoms with Gasteiger partial charge in [0, 0.05) is 41.6 Å². The van der Waals surface area contributed by atoms with Gasteiger partial charge in [0.25, 0.3) is 0 Å². The molecule has 2 heterocycles. The van der Waals surface area contributed by atoms with Gasteiger partial charge in [-0.25, -0.2) is 4.39 Å². The second-order valence-corrected chi connectivity index (χ2v) is 9.33. The number of allylic oxidation sites excluding steroid dienone is 1. The minimum absolute atomic E-state index is 0.0395. The number of aromatic nitrogens is 2. The fourth-order valence-corrected chi connectivity index (χ4v) is 4.62. The first-order chi connectivity index (χ1) is 16.0. The van der Waals surface area contributed by atoms with Gasteiger partial charge in [0.05, 0.1) is 31.8 Å². The van der Waals surface area contributed by atoms with Crippen LogP contribution in [0.25, 0.3) is 0 Å². The molecule has 8 heteroatoms. The van der Waals surface area contributed by atoms with Crippen molar-refractivity contribution in [3.05, 3.63) is 65.3 Å². The summed E-state index contributed by atoms with van der Waals surface area (Å²) in [6, 6.07) is 6.04. The summed E-state index contributed by atoms with van der Waals surface area (Å²) in [7, 11) is 0. The van der Waals surface area contributed by atoms with Gasteiger partial charge in [-0.15, -0.1) is 0 Å². The molecule has 33 heavy (non-hydrogen) atoms. The van der Waals surface area contributed by atoms with Crippen LogP contribution in [-0.2, 0) is 27.3 Å². The van der Waals surface area contributed by atoms with Crippen molar-refractivity contribution in [1.29, 1.82) is 0 Å². The number of carbonyl (C=O) groups is 2. The predicted octanol–water partition coefficient (Wildman–Crippen LogP) is 3.78. The smallest absolute Gasteiger partial charge is 0.310 e. The molecule has 0 spiro atoms. The number of rotatable bonds is 9. The third-order valence-electron chi connectivity index (χ3n) is 6.20. The lowest BCUT2D eigenvalue weighted by molar-refractivity contribution is -0.142. The molecule has 1 aromatic heterocycles. The quantitative estimate of drug-likeness (QED) is 0.343. The number of likely N-dealkylation sites (tertiary alicyclic amines) is 1. The standard InChI is InChI=1S/C25H30FN3O3S/c1-2-32-23(30)13-17-14-27-29(15-17)12-9-19-16-28(11-10-22(19)33)24(25(31)18-7-8-18)20-5-3-4-6-21(20)26/h3-6,9,14-15,18,22,24,33H,2,7-8,10-13,16H2,1H3. The molecule has 0 amide bonds. The molecule has 0 N–H and O–H groups in total. The Bertz CT molecular complexity index is 1030. The molecule has 2 fully saturated rings. The Kier molecular flexibility index (Phi) is 7.65. The van der Waals surface area contributed by atoms with Crippen molar-refractivity contribution < 1.29 is 18.7 Å². The molecule has 2 unspecified atom stereocenters. The zero-order valence-electron chi connectivity index (χ0n) is 18.8. The number of carbonyl (C=O) groups excluding carboxylic acids is 2. The lowest BCUT2D eigenvalue weighted by atomic mass is 9.93. The van der Waals surface area contributed by atoms with E-state index in [0.717, 1.165) is 30.4 Å². The van der Waals surface area contributed by atoms with Crippen LogP contribution in [0.4, 0.5) is 4.39 Å². The summed E-state index contributed by atoms with van der Waals surface area (Å²) >= 11 is 4.75. The Hall–Kier alpha value is -2.45. The van der Waals surface area contributed by atoms with Gasteiger partial charge in [0.2, 0.25) is 0 Å². The molecule has 2 aliphatic rings. The first-order valence-electron chi connectivity index (χ1n) is 11.5. The second kappa shape index (κ2) is 10.7. The molecule has 1 aliphatic heterocycles. The van der Waals surface area contributed by atoms with Gasteiger partial charge in [-0.05, 0) is 37.8 Å². The van der Waals surface area contributed by atoms with E-state index in [1.165, 1.54) is 6.07 Å². The van der Waals surface area contributed by atoms with Crippen molar-refractivity contribution in [2.45, 2.75) is 50.4 Å². The molecule has 6 nitrogen and oxygen atoms in total. The van der Waals surface area contributed by atoms with Gasteiger partial charge in [0.15, 0.2) is 5.78 Å². The Labute approximate surface area is 199 Å². The van der Waals surface area contributed by atoms with Crippen LogP contribution in [0.2, 0.25) is 0 Å². The van der Waals surface area contributed by atoms with Crippen molar-refractivity contribution in [2.24, 2.45) is 5.92 Å². The van der Waals surface area contributed by atoms with Crippen molar-refractivity contribution >= 4 is 24.4 Å². The molecule has 176 valence electrons. The maximum Gasteiger partial charge on any atom is 0.310 e. The van der Waals surface area contributed by atoms with E-state index in [9.17, 15) is 14.0 Å². The first kappa shape index (κ1) is 23.7. The molecule has 1 aromatic carbocycles. The lowest BCUT2D eigenvalue weighted by Gasteiger charge is -2.37. The highest BCUT2D eigenvalue weighted by atomic mass is 32.1. The van der Waals surface area contributed by atoms with Gasteiger partial charge in [0.1, 0.15) is 5.82 Å². The summed E-state index contributed by atoms with van der Waals surface area (Å²) < 4.78 is 21.4. The van der Waals surface area contributed by atoms with Gasteiger partial charge >= 0.3 is 5.97 Å². The number of hydrogen-bond donors (Lipinski definition) is 1. The van der Waals surface area contributed by atoms with E-state index in [1.54, 1.807) is 36.0 Å². The number of halogens is 1. The van der Waals surface area contributed by atoms with Gasteiger partial charge in [-0.3, -0.25) is 19.2 Å². The molecule has 0 bridgehead atoms. The molecule has 1 saturated heterocycles. The first-order valence-corrected chi connectivity index (χ1v) is 12.0. The van der Waals surface area contributed by atoms with Crippen LogP contribution < -0.4 is 0 Å². The normalized spacial score (nSPS) is 21.2. The van der Waals surface area contributed by atoms with Crippen LogP contribution in [0, 0.1) is 11.7 Å². The van der Waals surface area contributed by atoms with Crippen molar-refractivity contribution in [3.63, 3.8) is 0 Å². The van der Waals surface area contributed by atoms with Crippen LogP contribution in [0.3, 0.4) is 0 Å². The van der Waals surface area contributed by atoms with Crippen molar-refractivity contribution in [1.82, 2.24) is 14.7 Å². The summed E-state index contributed by atoms with van der Waals surface area (Å²) in [6.45, 7) is 3.92. The van der Waals surface area contributed by atoms with E-state index in [4.69, 9.17) is 17.4 Å². The number of thiol groups is 1. The molecule has 0 radical (unpaired) electrons. The molecule has 2 atom stereocenters. The largest absolute Gasteiger partial charge is 0.466 e. The van der Waals surface area contributed by atoms with Crippen molar-refractivity contribution in [2.75, 3.05) is 19.7 Å². The number of ketones is 1. The summed E-state index contributed by atoms with van der Waals surface area (Å²) in [5, 5.41) is 4.41. The van der Waals surface area contributed by atoms with Gasteiger partial charge < -0.3 is 4.74 Å². The van der Waals surface area contributed by atoms with Crippen LogP contribution in [0.1, 0.15) is 43.4 Å². The maximum absolute atomic E-state index is 14.7. The lowest BCUT2D eigenvalue weighted by Crippen LogP contribution is -2.42. The maximum atomic E-state index is 14.7. The molecular formula is C25H30FN3O3S. The average Bonchev–Trinajstić information content (AvgIpc) is 3.56. The topological polar surface area (TPSA) is 64.4 Å². The highest BCUT2D eigenvalue weighted by molar-refractivity contribution is 7.81. The summed E-state index contributed by atoms with van der Waals surface area (Å²) in [5.41, 5.74) is 2.35. The fourth-order valence-electron chi connectivity index (χ4n) is 4.32. The van der Waals surface area contributed by atoms with E-state index in [-0.39, 0.29) is 35.2 Å². The number of benzene rings is 1. The van der Waals surface area contributed by atoms with Gasteiger partial charge in [-0.1, -0.05) is 24.3 Å². The number of ether oxygens (including phenoxy) is 1. The molecule has 2 aromatic rings. The molecule has 4 rings (SSSR count). The summed E-state index contributed by atoms with van der Waals surface area (Å²) in [5.74, 6) is -0.445. The molecule has 1 saturated carbocycles. The average molecular weight is 472 g/mol. The van der Waals surface area contributed by atoms with Crippen molar-refractivity contribution in [3.8, 4) is 0 Å². The minimum Gasteiger partial charge on any atom is -0.466 e. The number of esters is 1. The Morgan fingerprint density at radius 1 is 1.30 bits per heavy atom. The second-order valence-electron chi connectivity index (χ2n) is 8.71. The Morgan fingerprint density at radius 3 is 2.82 bits per heavy atom. The van der Waals surface area contributed by atoms with Crippen LogP contribution in [0.15, 0.2) is 48.3 Å². The van der Waals surface area contributed by atoms with E-state index in [0.29, 0.717) is 31.8 Å². The van der Waals surface area contributed by atoms with E-state index in [2.05, 4.69) is 16.1 Å². The van der Waals surface area contributed by atoms with E-state index >= 15 is 0 Å². The summed E-state index contributed by atoms with van der Waals surface area (Å²) in [6.07, 6.45) is 8.34. The third-order valence-corrected chi connectivity index (χ3v) is 6.79. The van der Waals surface area contributed by atoms with E-state index in [1.807, 2.05) is 6.20 Å².